The van der Waals surface area contributed by atoms with Gasteiger partial charge in [-0.05, 0) is 32.4 Å². The molecule has 0 saturated carbocycles. The molecule has 0 aromatic carbocycles. The van der Waals surface area contributed by atoms with Crippen LogP contribution in [0.2, 0.25) is 0 Å². The molecular weight excluding hydrogens is 308 g/mol. The van der Waals surface area contributed by atoms with E-state index in [1.54, 1.807) is 18.3 Å². The molecule has 0 fully saturated rings. The number of aromatic nitrogens is 2. The summed E-state index contributed by atoms with van der Waals surface area (Å²) >= 11 is 1.61. The predicted octanol–water partition coefficient (Wildman–Crippen LogP) is 3.55. The molecule has 0 unspecified atom stereocenters. The SMILES string of the molecule is Cc1cc(CS(=O)(=O)[C@H](C)c2nc(C(C)C)no2)c(C)s1. The molecule has 5 nitrogen and oxygen atoms in total. The van der Waals surface area contributed by atoms with Crippen LogP contribution in [0.3, 0.4) is 0 Å². The van der Waals surface area contributed by atoms with Crippen molar-refractivity contribution in [2.45, 2.75) is 51.5 Å². The van der Waals surface area contributed by atoms with Gasteiger partial charge in [-0.25, -0.2) is 8.42 Å². The van der Waals surface area contributed by atoms with E-state index in [1.807, 2.05) is 33.8 Å². The van der Waals surface area contributed by atoms with Crippen LogP contribution in [-0.2, 0) is 15.6 Å². The average molecular weight is 328 g/mol. The molecule has 0 bridgehead atoms. The Morgan fingerprint density at radius 3 is 2.43 bits per heavy atom. The maximum absolute atomic E-state index is 12.5. The summed E-state index contributed by atoms with van der Waals surface area (Å²) in [5, 5.41) is 3.04. The van der Waals surface area contributed by atoms with Gasteiger partial charge in [0, 0.05) is 15.7 Å². The van der Waals surface area contributed by atoms with E-state index < -0.39 is 15.1 Å². The van der Waals surface area contributed by atoms with Crippen molar-refractivity contribution in [1.29, 1.82) is 0 Å². The van der Waals surface area contributed by atoms with Crippen LogP contribution in [0.4, 0.5) is 0 Å². The molecule has 21 heavy (non-hydrogen) atoms. The Kier molecular flexibility index (Phi) is 4.53. The number of hydrogen-bond acceptors (Lipinski definition) is 6. The second kappa shape index (κ2) is 5.88. The first-order valence-corrected chi connectivity index (χ1v) is 9.35. The maximum Gasteiger partial charge on any atom is 0.244 e. The van der Waals surface area contributed by atoms with Crippen LogP contribution < -0.4 is 0 Å². The van der Waals surface area contributed by atoms with Crippen molar-refractivity contribution in [2.75, 3.05) is 0 Å². The molecule has 0 amide bonds. The number of aryl methyl sites for hydroxylation is 2. The van der Waals surface area contributed by atoms with E-state index in [0.717, 1.165) is 15.3 Å². The van der Waals surface area contributed by atoms with Gasteiger partial charge in [-0.1, -0.05) is 19.0 Å². The van der Waals surface area contributed by atoms with Crippen LogP contribution in [0.15, 0.2) is 10.6 Å². The number of thiophene rings is 1. The van der Waals surface area contributed by atoms with Crippen LogP contribution in [0, 0.1) is 13.8 Å². The minimum Gasteiger partial charge on any atom is -0.338 e. The van der Waals surface area contributed by atoms with E-state index in [0.29, 0.717) is 5.82 Å². The topological polar surface area (TPSA) is 73.1 Å². The second-order valence-corrected chi connectivity index (χ2v) is 9.32. The summed E-state index contributed by atoms with van der Waals surface area (Å²) in [6.45, 7) is 9.39. The lowest BCUT2D eigenvalue weighted by Gasteiger charge is -2.08. The monoisotopic (exact) mass is 328 g/mol. The van der Waals surface area contributed by atoms with Gasteiger partial charge in [-0.15, -0.1) is 11.3 Å². The molecule has 0 radical (unpaired) electrons. The van der Waals surface area contributed by atoms with Gasteiger partial charge in [0.05, 0.1) is 5.75 Å². The highest BCUT2D eigenvalue weighted by atomic mass is 32.2. The lowest BCUT2D eigenvalue weighted by atomic mass is 10.2. The van der Waals surface area contributed by atoms with Crippen molar-refractivity contribution >= 4 is 21.2 Å². The molecule has 0 aliphatic carbocycles. The third-order valence-electron chi connectivity index (χ3n) is 3.36. The molecular formula is C14H20N2O3S2. The van der Waals surface area contributed by atoms with Crippen LogP contribution >= 0.6 is 11.3 Å². The summed E-state index contributed by atoms with van der Waals surface area (Å²) in [5.74, 6) is 0.820. The van der Waals surface area contributed by atoms with E-state index in [-0.39, 0.29) is 17.6 Å². The van der Waals surface area contributed by atoms with Gasteiger partial charge in [0.1, 0.15) is 5.25 Å². The van der Waals surface area contributed by atoms with Crippen molar-refractivity contribution in [3.8, 4) is 0 Å². The summed E-state index contributed by atoms with van der Waals surface area (Å²) in [5.41, 5.74) is 0.855. The fraction of sp³-hybridized carbons (Fsp3) is 0.571. The summed E-state index contributed by atoms with van der Waals surface area (Å²) < 4.78 is 30.1. The minimum atomic E-state index is -3.38. The maximum atomic E-state index is 12.5. The van der Waals surface area contributed by atoms with Gasteiger partial charge in [-0.2, -0.15) is 4.98 Å². The number of sulfone groups is 1. The molecule has 2 rings (SSSR count). The van der Waals surface area contributed by atoms with Gasteiger partial charge in [-0.3, -0.25) is 0 Å². The molecule has 7 heteroatoms. The summed E-state index contributed by atoms with van der Waals surface area (Å²) in [6.07, 6.45) is 0. The lowest BCUT2D eigenvalue weighted by molar-refractivity contribution is 0.369. The molecule has 0 saturated heterocycles. The zero-order valence-corrected chi connectivity index (χ0v) is 14.5. The van der Waals surface area contributed by atoms with Gasteiger partial charge in [0.2, 0.25) is 5.89 Å². The molecule has 116 valence electrons. The Balaban J connectivity index is 2.23. The molecule has 0 aliphatic rings. The summed E-state index contributed by atoms with van der Waals surface area (Å²) in [7, 11) is -3.38. The van der Waals surface area contributed by atoms with Crippen molar-refractivity contribution < 1.29 is 12.9 Å². The van der Waals surface area contributed by atoms with Crippen molar-refractivity contribution in [1.82, 2.24) is 10.1 Å². The average Bonchev–Trinajstić information content (AvgIpc) is 2.96. The van der Waals surface area contributed by atoms with Crippen LogP contribution in [0.1, 0.15) is 59.0 Å². The highest BCUT2D eigenvalue weighted by molar-refractivity contribution is 7.90. The zero-order chi connectivity index (χ0) is 15.8. The number of nitrogens with zero attached hydrogens (tertiary/aromatic N) is 2. The largest absolute Gasteiger partial charge is 0.338 e. The fourth-order valence-electron chi connectivity index (χ4n) is 1.97. The molecule has 2 heterocycles. The molecule has 2 aromatic heterocycles. The van der Waals surface area contributed by atoms with Crippen molar-refractivity contribution in [3.05, 3.63) is 33.1 Å². The Labute approximate surface area is 129 Å². The second-order valence-electron chi connectivity index (χ2n) is 5.53. The first kappa shape index (κ1) is 16.2. The van der Waals surface area contributed by atoms with Gasteiger partial charge in [0.15, 0.2) is 15.7 Å². The Bertz CT molecular complexity index is 729. The van der Waals surface area contributed by atoms with Crippen molar-refractivity contribution in [3.63, 3.8) is 0 Å². The normalized spacial score (nSPS) is 13.8. The summed E-state index contributed by atoms with van der Waals surface area (Å²) in [6, 6.07) is 1.93. The quantitative estimate of drug-likeness (QED) is 0.839. The highest BCUT2D eigenvalue weighted by Crippen LogP contribution is 2.29. The number of hydrogen-bond donors (Lipinski definition) is 0. The minimum absolute atomic E-state index is 0.00370. The van der Waals surface area contributed by atoms with E-state index in [2.05, 4.69) is 10.1 Å². The summed E-state index contributed by atoms with van der Waals surface area (Å²) in [4.78, 5) is 6.35. The first-order chi connectivity index (χ1) is 9.70. The van der Waals surface area contributed by atoms with E-state index in [1.165, 1.54) is 0 Å². The number of rotatable bonds is 5. The molecule has 0 aliphatic heterocycles. The van der Waals surface area contributed by atoms with Crippen LogP contribution in [0.25, 0.3) is 0 Å². The third kappa shape index (κ3) is 3.52. The Morgan fingerprint density at radius 1 is 1.29 bits per heavy atom. The van der Waals surface area contributed by atoms with Crippen LogP contribution in [0.5, 0.6) is 0 Å². The van der Waals surface area contributed by atoms with Gasteiger partial charge in [0.25, 0.3) is 0 Å². The molecule has 2 aromatic rings. The molecule has 1 atom stereocenters. The zero-order valence-electron chi connectivity index (χ0n) is 12.9. The van der Waals surface area contributed by atoms with E-state index in [9.17, 15) is 8.42 Å². The Hall–Kier alpha value is -1.21. The van der Waals surface area contributed by atoms with Gasteiger partial charge >= 0.3 is 0 Å². The van der Waals surface area contributed by atoms with Crippen molar-refractivity contribution in [2.24, 2.45) is 0 Å². The Morgan fingerprint density at radius 2 is 1.95 bits per heavy atom. The van der Waals surface area contributed by atoms with E-state index in [4.69, 9.17) is 4.52 Å². The molecule has 0 spiro atoms. The fourth-order valence-corrected chi connectivity index (χ4v) is 4.39. The predicted molar refractivity (Wildman–Crippen MR) is 83.2 cm³/mol. The smallest absolute Gasteiger partial charge is 0.244 e. The molecule has 0 N–H and O–H groups in total. The van der Waals surface area contributed by atoms with E-state index >= 15 is 0 Å². The van der Waals surface area contributed by atoms with Gasteiger partial charge < -0.3 is 4.52 Å². The first-order valence-electron chi connectivity index (χ1n) is 6.81. The lowest BCUT2D eigenvalue weighted by Crippen LogP contribution is -2.13. The standard InChI is InChI=1S/C14H20N2O3S2/c1-8(2)13-15-14(19-16-13)11(5)21(17,18)7-12-6-9(3)20-10(12)4/h6,8,11H,7H2,1-5H3/t11-/m1/s1. The third-order valence-corrected chi connectivity index (χ3v) is 6.36. The van der Waals surface area contributed by atoms with Crippen LogP contribution in [-0.4, -0.2) is 18.6 Å². The highest BCUT2D eigenvalue weighted by Gasteiger charge is 2.29.